The Hall–Kier alpha value is -3.99. The number of non-ortho nitro benzene ring substituents is 1. The van der Waals surface area contributed by atoms with E-state index < -0.39 is 10.8 Å². The van der Waals surface area contributed by atoms with Crippen molar-refractivity contribution in [1.82, 2.24) is 4.90 Å². The monoisotopic (exact) mass is 704 g/mol. The van der Waals surface area contributed by atoms with Crippen LogP contribution in [0.2, 0.25) is 0 Å². The van der Waals surface area contributed by atoms with Crippen LogP contribution in [0.15, 0.2) is 89.3 Å². The smallest absolute Gasteiger partial charge is 0.269 e. The zero-order valence-electron chi connectivity index (χ0n) is 24.5. The van der Waals surface area contributed by atoms with Gasteiger partial charge in [0.15, 0.2) is 23.1 Å². The summed E-state index contributed by atoms with van der Waals surface area (Å²) in [5.41, 5.74) is 6.49. The maximum atomic E-state index is 13.7. The van der Waals surface area contributed by atoms with Crippen molar-refractivity contribution in [3.05, 3.63) is 120 Å². The number of nitrogens with zero attached hydrogens (tertiary/aromatic N) is 2. The van der Waals surface area contributed by atoms with Gasteiger partial charge >= 0.3 is 0 Å². The molecule has 226 valence electrons. The van der Waals surface area contributed by atoms with Crippen molar-refractivity contribution >= 4 is 39.8 Å². The molecule has 44 heavy (non-hydrogen) atoms. The molecule has 3 aliphatic rings. The molecular weight excluding hydrogens is 671 g/mol. The summed E-state index contributed by atoms with van der Waals surface area (Å²) in [4.78, 5) is 40.3. The number of allylic oxidation sites excluding steroid dienone is 4. The van der Waals surface area contributed by atoms with Crippen molar-refractivity contribution in [3.8, 4) is 11.5 Å². The Balaban J connectivity index is 1.37. The quantitative estimate of drug-likeness (QED) is 0.130. The molecule has 1 heterocycles. The first-order chi connectivity index (χ1) is 21.4. The normalized spacial score (nSPS) is 17.0. The first kappa shape index (κ1) is 30.1. The number of carbonyl (C=O) groups is 2. The van der Waals surface area contributed by atoms with E-state index in [1.165, 1.54) is 17.7 Å². The summed E-state index contributed by atoms with van der Waals surface area (Å²) in [6, 6.07) is 20.5. The lowest BCUT2D eigenvalue weighted by Crippen LogP contribution is -2.40. The second kappa shape index (κ2) is 12.9. The van der Waals surface area contributed by atoms with E-state index >= 15 is 0 Å². The molecular formula is C35H33IN2O6. The van der Waals surface area contributed by atoms with Crippen molar-refractivity contribution in [3.63, 3.8) is 0 Å². The maximum Gasteiger partial charge on any atom is 0.269 e. The fourth-order valence-corrected chi connectivity index (χ4v) is 7.40. The third-order valence-electron chi connectivity index (χ3n) is 8.67. The van der Waals surface area contributed by atoms with Crippen LogP contribution in [0.4, 0.5) is 5.69 Å². The fraction of sp³-hybridized carbons (Fsp3) is 0.314. The van der Waals surface area contributed by atoms with Crippen molar-refractivity contribution in [2.45, 2.75) is 57.5 Å². The summed E-state index contributed by atoms with van der Waals surface area (Å²) in [6.07, 6.45) is 5.00. The van der Waals surface area contributed by atoms with E-state index in [2.05, 4.69) is 39.6 Å². The number of Topliss-reactive ketones (excluding diaryl/α,β-unsaturated/α-hetero) is 2. The molecule has 1 aliphatic heterocycles. The fourth-order valence-electron chi connectivity index (χ4n) is 6.62. The topological polar surface area (TPSA) is 99.0 Å². The molecule has 8 nitrogen and oxygen atoms in total. The molecule has 0 fully saturated rings. The first-order valence-electron chi connectivity index (χ1n) is 14.9. The highest BCUT2D eigenvalue weighted by Gasteiger charge is 2.43. The highest BCUT2D eigenvalue weighted by molar-refractivity contribution is 14.1. The Morgan fingerprint density at radius 1 is 0.886 bits per heavy atom. The van der Waals surface area contributed by atoms with Gasteiger partial charge in [0, 0.05) is 60.0 Å². The van der Waals surface area contributed by atoms with Crippen LogP contribution >= 0.6 is 22.6 Å². The Bertz CT molecular complexity index is 1640. The third kappa shape index (κ3) is 5.89. The second-order valence-electron chi connectivity index (χ2n) is 11.3. The number of ether oxygens (including phenoxy) is 2. The van der Waals surface area contributed by atoms with Crippen LogP contribution < -0.4 is 9.47 Å². The summed E-state index contributed by atoms with van der Waals surface area (Å²) in [6.45, 7) is 0.927. The van der Waals surface area contributed by atoms with Crippen LogP contribution in [0, 0.1) is 13.7 Å². The minimum atomic E-state index is -0.445. The molecule has 9 heteroatoms. The maximum absolute atomic E-state index is 13.7. The number of hydrogen-bond acceptors (Lipinski definition) is 7. The molecule has 6 rings (SSSR count). The predicted octanol–water partition coefficient (Wildman–Crippen LogP) is 7.44. The zero-order valence-corrected chi connectivity index (χ0v) is 26.7. The molecule has 3 aromatic rings. The van der Waals surface area contributed by atoms with E-state index in [1.54, 1.807) is 19.2 Å². The number of halogens is 1. The van der Waals surface area contributed by atoms with Crippen molar-refractivity contribution in [2.24, 2.45) is 0 Å². The molecule has 0 spiro atoms. The lowest BCUT2D eigenvalue weighted by atomic mass is 9.71. The average molecular weight is 705 g/mol. The van der Waals surface area contributed by atoms with E-state index in [0.29, 0.717) is 24.3 Å². The highest BCUT2D eigenvalue weighted by Crippen LogP contribution is 2.50. The number of ketones is 2. The molecule has 0 aromatic heterocycles. The number of nitro benzene ring substituents is 1. The standard InChI is InChI=1S/C35H33IN2O6/c1-43-31-20-24(19-26(36)35(31)44-21-23-13-15-25(16-14-23)38(41)42)32-33-27(9-5-11-29(33)39)37(18-17-22-7-3-2-4-8-22)28-10-6-12-30(40)34(28)32/h2-4,7-8,13-16,19-20,32H,5-6,9-12,17-18,21H2,1H3. The molecule has 2 aliphatic carbocycles. The van der Waals surface area contributed by atoms with Gasteiger partial charge in [-0.15, -0.1) is 0 Å². The molecule has 0 unspecified atom stereocenters. The van der Waals surface area contributed by atoms with Crippen LogP contribution in [-0.2, 0) is 22.6 Å². The summed E-state index contributed by atoms with van der Waals surface area (Å²) in [5, 5.41) is 11.0. The van der Waals surface area contributed by atoms with Crippen molar-refractivity contribution in [2.75, 3.05) is 13.7 Å². The van der Waals surface area contributed by atoms with Gasteiger partial charge in [-0.05, 0) is 95.7 Å². The van der Waals surface area contributed by atoms with E-state index in [0.717, 1.165) is 75.9 Å². The second-order valence-corrected chi connectivity index (χ2v) is 12.5. The van der Waals surface area contributed by atoms with Crippen LogP contribution in [0.5, 0.6) is 11.5 Å². The third-order valence-corrected chi connectivity index (χ3v) is 9.47. The van der Waals surface area contributed by atoms with Gasteiger partial charge in [-0.3, -0.25) is 19.7 Å². The van der Waals surface area contributed by atoms with Crippen LogP contribution in [0.25, 0.3) is 0 Å². The van der Waals surface area contributed by atoms with Crippen LogP contribution in [0.3, 0.4) is 0 Å². The molecule has 0 radical (unpaired) electrons. The summed E-state index contributed by atoms with van der Waals surface area (Å²) in [5.74, 6) is 0.830. The largest absolute Gasteiger partial charge is 0.493 e. The van der Waals surface area contributed by atoms with Gasteiger partial charge in [-0.2, -0.15) is 0 Å². The molecule has 0 saturated heterocycles. The highest BCUT2D eigenvalue weighted by atomic mass is 127. The minimum Gasteiger partial charge on any atom is -0.493 e. The number of nitro groups is 1. The molecule has 0 N–H and O–H groups in total. The summed E-state index contributed by atoms with van der Waals surface area (Å²) >= 11 is 2.21. The van der Waals surface area contributed by atoms with E-state index in [4.69, 9.17) is 9.47 Å². The van der Waals surface area contributed by atoms with Crippen LogP contribution in [0.1, 0.15) is 61.1 Å². The van der Waals surface area contributed by atoms with Gasteiger partial charge in [-0.1, -0.05) is 30.3 Å². The Morgan fingerprint density at radius 3 is 2.11 bits per heavy atom. The van der Waals surface area contributed by atoms with E-state index in [-0.39, 0.29) is 23.9 Å². The SMILES string of the molecule is COc1cc(C2C3=C(CCCC3=O)N(CCc3ccccc3)C3=C2C(=O)CCC3)cc(I)c1OCc1ccc([N+](=O)[O-])cc1. The van der Waals surface area contributed by atoms with Gasteiger partial charge in [0.25, 0.3) is 5.69 Å². The van der Waals surface area contributed by atoms with E-state index in [9.17, 15) is 19.7 Å². The van der Waals surface area contributed by atoms with Gasteiger partial charge in [-0.25, -0.2) is 0 Å². The number of benzene rings is 3. The number of hydrogen-bond donors (Lipinski definition) is 0. The van der Waals surface area contributed by atoms with Crippen molar-refractivity contribution in [1.29, 1.82) is 0 Å². The first-order valence-corrected chi connectivity index (χ1v) is 16.0. The average Bonchev–Trinajstić information content (AvgIpc) is 3.03. The molecule has 0 bridgehead atoms. The van der Waals surface area contributed by atoms with Gasteiger partial charge < -0.3 is 14.4 Å². The molecule has 3 aromatic carbocycles. The zero-order chi connectivity index (χ0) is 30.8. The predicted molar refractivity (Wildman–Crippen MR) is 175 cm³/mol. The lowest BCUT2D eigenvalue weighted by Gasteiger charge is -2.44. The number of methoxy groups -OCH3 is 1. The van der Waals surface area contributed by atoms with Gasteiger partial charge in [0.2, 0.25) is 0 Å². The van der Waals surface area contributed by atoms with Gasteiger partial charge in [0.1, 0.15) is 6.61 Å². The number of rotatable bonds is 9. The molecule has 0 atom stereocenters. The summed E-state index contributed by atoms with van der Waals surface area (Å²) in [7, 11) is 1.58. The minimum absolute atomic E-state index is 0.0215. The Labute approximate surface area is 270 Å². The molecule has 0 amide bonds. The Kier molecular flexibility index (Phi) is 8.83. The van der Waals surface area contributed by atoms with Gasteiger partial charge in [0.05, 0.1) is 15.6 Å². The lowest BCUT2D eigenvalue weighted by molar-refractivity contribution is -0.384. The van der Waals surface area contributed by atoms with Crippen LogP contribution in [-0.4, -0.2) is 35.0 Å². The summed E-state index contributed by atoms with van der Waals surface area (Å²) < 4.78 is 12.8. The molecule has 0 saturated carbocycles. The Morgan fingerprint density at radius 2 is 1.52 bits per heavy atom. The van der Waals surface area contributed by atoms with E-state index in [1.807, 2.05) is 30.3 Å². The number of carbonyl (C=O) groups excluding carboxylic acids is 2. The van der Waals surface area contributed by atoms with Crippen molar-refractivity contribution < 1.29 is 24.0 Å².